The van der Waals surface area contributed by atoms with Crippen molar-refractivity contribution in [1.29, 1.82) is 0 Å². The van der Waals surface area contributed by atoms with E-state index >= 15 is 0 Å². The van der Waals surface area contributed by atoms with Crippen molar-refractivity contribution in [2.45, 2.75) is 45.7 Å². The molecule has 1 aromatic rings. The van der Waals surface area contributed by atoms with Crippen molar-refractivity contribution in [2.24, 2.45) is 17.6 Å². The predicted octanol–water partition coefficient (Wildman–Crippen LogP) is 0.679. The molecular formula is C13H23N5O. The van der Waals surface area contributed by atoms with Gasteiger partial charge in [0.15, 0.2) is 0 Å². The maximum Gasteiger partial charge on any atom is 0.241 e. The topological polar surface area (TPSA) is 85.8 Å². The fourth-order valence-corrected chi connectivity index (χ4v) is 2.65. The first-order valence-corrected chi connectivity index (χ1v) is 7.05. The van der Waals surface area contributed by atoms with Crippen LogP contribution in [0.2, 0.25) is 0 Å². The minimum Gasteiger partial charge on any atom is -0.354 e. The fraction of sp³-hybridized carbons (Fsp3) is 0.769. The largest absolute Gasteiger partial charge is 0.354 e. The van der Waals surface area contributed by atoms with Crippen LogP contribution in [0.4, 0.5) is 0 Å². The summed E-state index contributed by atoms with van der Waals surface area (Å²) in [5, 5.41) is 10.7. The summed E-state index contributed by atoms with van der Waals surface area (Å²) in [7, 11) is 0. The van der Waals surface area contributed by atoms with Crippen LogP contribution in [0.25, 0.3) is 0 Å². The van der Waals surface area contributed by atoms with Crippen LogP contribution in [0, 0.1) is 11.8 Å². The number of hydrogen-bond donors (Lipinski definition) is 2. The average Bonchev–Trinajstić information content (AvgIpc) is 2.85. The summed E-state index contributed by atoms with van der Waals surface area (Å²) in [5.74, 6) is 1.32. The summed E-state index contributed by atoms with van der Waals surface area (Å²) in [5.41, 5.74) is 6.15. The van der Waals surface area contributed by atoms with Gasteiger partial charge in [0.05, 0.1) is 11.9 Å². The molecule has 0 spiro atoms. The average molecular weight is 265 g/mol. The van der Waals surface area contributed by atoms with Crippen LogP contribution in [-0.2, 0) is 17.9 Å². The number of carbonyl (C=O) groups is 1. The molecule has 1 aliphatic rings. The number of rotatable bonds is 5. The zero-order chi connectivity index (χ0) is 13.7. The standard InChI is InChI=1S/C13H23N5O/c1-10-4-2-3-5-11(10)7-15-13(19)9-18-8-12(6-14)16-17-18/h8,10-11H,2-7,9,14H2,1H3,(H,15,19). The second kappa shape index (κ2) is 6.65. The number of carbonyl (C=O) groups excluding carboxylic acids is 1. The van der Waals surface area contributed by atoms with Crippen molar-refractivity contribution in [1.82, 2.24) is 20.3 Å². The Labute approximate surface area is 113 Å². The van der Waals surface area contributed by atoms with Gasteiger partial charge in [-0.2, -0.15) is 0 Å². The summed E-state index contributed by atoms with van der Waals surface area (Å²) in [6.45, 7) is 3.62. The third-order valence-corrected chi connectivity index (χ3v) is 3.95. The molecule has 6 heteroatoms. The molecule has 0 aliphatic heterocycles. The normalized spacial score (nSPS) is 23.3. The number of hydrogen-bond acceptors (Lipinski definition) is 4. The second-order valence-corrected chi connectivity index (χ2v) is 5.44. The maximum atomic E-state index is 11.8. The van der Waals surface area contributed by atoms with E-state index in [9.17, 15) is 4.79 Å². The van der Waals surface area contributed by atoms with E-state index in [2.05, 4.69) is 22.6 Å². The lowest BCUT2D eigenvalue weighted by Gasteiger charge is -2.28. The first-order chi connectivity index (χ1) is 9.19. The Morgan fingerprint density at radius 2 is 2.32 bits per heavy atom. The lowest BCUT2D eigenvalue weighted by atomic mass is 9.80. The summed E-state index contributed by atoms with van der Waals surface area (Å²) in [6.07, 6.45) is 6.83. The van der Waals surface area contributed by atoms with Crippen LogP contribution >= 0.6 is 0 Å². The molecule has 0 bridgehead atoms. The zero-order valence-electron chi connectivity index (χ0n) is 11.5. The Morgan fingerprint density at radius 3 is 3.00 bits per heavy atom. The summed E-state index contributed by atoms with van der Waals surface area (Å²) < 4.78 is 1.53. The highest BCUT2D eigenvalue weighted by Gasteiger charge is 2.21. The molecule has 0 aromatic carbocycles. The van der Waals surface area contributed by atoms with E-state index in [0.717, 1.165) is 6.54 Å². The van der Waals surface area contributed by atoms with Gasteiger partial charge in [0.25, 0.3) is 0 Å². The van der Waals surface area contributed by atoms with Gasteiger partial charge in [-0.25, -0.2) is 4.68 Å². The van der Waals surface area contributed by atoms with Crippen molar-refractivity contribution in [3.63, 3.8) is 0 Å². The number of nitrogens with zero attached hydrogens (tertiary/aromatic N) is 3. The van der Waals surface area contributed by atoms with Crippen molar-refractivity contribution < 1.29 is 4.79 Å². The highest BCUT2D eigenvalue weighted by atomic mass is 16.2. The van der Waals surface area contributed by atoms with Crippen molar-refractivity contribution in [3.05, 3.63) is 11.9 Å². The molecule has 1 aliphatic carbocycles. The van der Waals surface area contributed by atoms with E-state index in [1.165, 1.54) is 30.4 Å². The second-order valence-electron chi connectivity index (χ2n) is 5.44. The highest BCUT2D eigenvalue weighted by molar-refractivity contribution is 5.75. The first kappa shape index (κ1) is 14.0. The van der Waals surface area contributed by atoms with Crippen molar-refractivity contribution in [3.8, 4) is 0 Å². The Bertz CT molecular complexity index is 417. The van der Waals surface area contributed by atoms with Gasteiger partial charge in [-0.15, -0.1) is 5.10 Å². The third-order valence-electron chi connectivity index (χ3n) is 3.95. The smallest absolute Gasteiger partial charge is 0.241 e. The van der Waals surface area contributed by atoms with E-state index in [-0.39, 0.29) is 12.5 Å². The van der Waals surface area contributed by atoms with E-state index in [1.54, 1.807) is 6.20 Å². The first-order valence-electron chi connectivity index (χ1n) is 7.05. The molecule has 106 valence electrons. The van der Waals surface area contributed by atoms with Gasteiger partial charge in [-0.05, 0) is 18.3 Å². The van der Waals surface area contributed by atoms with Crippen LogP contribution in [0.5, 0.6) is 0 Å². The molecule has 19 heavy (non-hydrogen) atoms. The quantitative estimate of drug-likeness (QED) is 0.819. The number of nitrogens with one attached hydrogen (secondary N) is 1. The molecule has 1 heterocycles. The van der Waals surface area contributed by atoms with E-state index in [0.29, 0.717) is 24.1 Å². The van der Waals surface area contributed by atoms with Gasteiger partial charge >= 0.3 is 0 Å². The molecule has 2 atom stereocenters. The van der Waals surface area contributed by atoms with Crippen molar-refractivity contribution in [2.75, 3.05) is 6.54 Å². The zero-order valence-corrected chi connectivity index (χ0v) is 11.5. The highest BCUT2D eigenvalue weighted by Crippen LogP contribution is 2.28. The minimum atomic E-state index is -0.00811. The van der Waals surface area contributed by atoms with Gasteiger partial charge in [0, 0.05) is 13.1 Å². The van der Waals surface area contributed by atoms with Gasteiger partial charge in [-0.3, -0.25) is 4.79 Å². The Morgan fingerprint density at radius 1 is 1.53 bits per heavy atom. The molecule has 2 unspecified atom stereocenters. The van der Waals surface area contributed by atoms with Gasteiger partial charge in [0.2, 0.25) is 5.91 Å². The third kappa shape index (κ3) is 4.02. The minimum absolute atomic E-state index is 0.00811. The molecule has 0 saturated heterocycles. The predicted molar refractivity (Wildman–Crippen MR) is 72.0 cm³/mol. The lowest BCUT2D eigenvalue weighted by Crippen LogP contribution is -2.35. The van der Waals surface area contributed by atoms with Crippen LogP contribution in [-0.4, -0.2) is 27.4 Å². The molecular weight excluding hydrogens is 242 g/mol. The summed E-state index contributed by atoms with van der Waals surface area (Å²) >= 11 is 0. The van der Waals surface area contributed by atoms with Crippen LogP contribution in [0.1, 0.15) is 38.3 Å². The van der Waals surface area contributed by atoms with Crippen LogP contribution in [0.3, 0.4) is 0 Å². The Balaban J connectivity index is 1.74. The van der Waals surface area contributed by atoms with Crippen molar-refractivity contribution >= 4 is 5.91 Å². The molecule has 1 aromatic heterocycles. The Kier molecular flexibility index (Phi) is 4.90. The lowest BCUT2D eigenvalue weighted by molar-refractivity contribution is -0.122. The van der Waals surface area contributed by atoms with Crippen LogP contribution < -0.4 is 11.1 Å². The molecule has 6 nitrogen and oxygen atoms in total. The summed E-state index contributed by atoms with van der Waals surface area (Å²) in [4.78, 5) is 11.8. The molecule has 1 saturated carbocycles. The number of nitrogens with two attached hydrogens (primary N) is 1. The van der Waals surface area contributed by atoms with E-state index < -0.39 is 0 Å². The molecule has 0 radical (unpaired) electrons. The monoisotopic (exact) mass is 265 g/mol. The van der Waals surface area contributed by atoms with Gasteiger partial charge < -0.3 is 11.1 Å². The summed E-state index contributed by atoms with van der Waals surface area (Å²) in [6, 6.07) is 0. The SMILES string of the molecule is CC1CCCCC1CNC(=O)Cn1cc(CN)nn1. The number of amides is 1. The Hall–Kier alpha value is -1.43. The maximum absolute atomic E-state index is 11.8. The molecule has 1 amide bonds. The van der Waals surface area contributed by atoms with Gasteiger partial charge in [-0.1, -0.05) is 31.4 Å². The van der Waals surface area contributed by atoms with E-state index in [1.807, 2.05) is 0 Å². The van der Waals surface area contributed by atoms with Crippen LogP contribution in [0.15, 0.2) is 6.20 Å². The molecule has 2 rings (SSSR count). The van der Waals surface area contributed by atoms with Gasteiger partial charge in [0.1, 0.15) is 6.54 Å². The molecule has 3 N–H and O–H groups in total. The number of aromatic nitrogens is 3. The van der Waals surface area contributed by atoms with E-state index in [4.69, 9.17) is 5.73 Å². The fourth-order valence-electron chi connectivity index (χ4n) is 2.65. The molecule has 1 fully saturated rings.